The number of nitrogens with zero attached hydrogens (tertiary/aromatic N) is 5. The van der Waals surface area contributed by atoms with Crippen LogP contribution in [0.15, 0.2) is 67.0 Å². The Kier molecular flexibility index (Phi) is 10.0. The SMILES string of the molecule is O=C(Nc1ccc(C2OC(CN3CCN(c4ncccn4)CC3)CC(c3ccc(CO)cc3)O2)cc1)C1CCCN1C(=O)C(F)(F)F. The minimum atomic E-state index is -5.04. The Morgan fingerprint density at radius 1 is 0.915 bits per heavy atom. The molecule has 11 nitrogen and oxygen atoms in total. The third-order valence-corrected chi connectivity index (χ3v) is 8.79. The second-order valence-electron chi connectivity index (χ2n) is 12.0. The largest absolute Gasteiger partial charge is 0.471 e. The Bertz CT molecular complexity index is 1500. The van der Waals surface area contributed by atoms with E-state index in [-0.39, 0.29) is 31.8 Å². The van der Waals surface area contributed by atoms with E-state index in [1.54, 1.807) is 42.7 Å². The molecule has 0 spiro atoms. The molecule has 4 heterocycles. The Labute approximate surface area is 270 Å². The minimum absolute atomic E-state index is 0.0551. The molecule has 250 valence electrons. The number of amides is 2. The van der Waals surface area contributed by atoms with Gasteiger partial charge in [0.15, 0.2) is 6.29 Å². The smallest absolute Gasteiger partial charge is 0.392 e. The van der Waals surface area contributed by atoms with Gasteiger partial charge in [-0.3, -0.25) is 14.5 Å². The molecule has 3 aromatic rings. The number of carbonyl (C=O) groups excluding carboxylic acids is 2. The number of aliphatic hydroxyl groups excluding tert-OH is 1. The van der Waals surface area contributed by atoms with Crippen LogP contribution in [0.25, 0.3) is 0 Å². The summed E-state index contributed by atoms with van der Waals surface area (Å²) in [5, 5.41) is 12.1. The Morgan fingerprint density at radius 2 is 1.60 bits per heavy atom. The van der Waals surface area contributed by atoms with Crippen molar-refractivity contribution >= 4 is 23.5 Å². The number of anilines is 2. The van der Waals surface area contributed by atoms with Crippen LogP contribution in [0.5, 0.6) is 0 Å². The lowest BCUT2D eigenvalue weighted by Crippen LogP contribution is -2.50. The average molecular weight is 655 g/mol. The number of aliphatic hydroxyl groups is 1. The molecule has 14 heteroatoms. The van der Waals surface area contributed by atoms with Gasteiger partial charge in [0.2, 0.25) is 11.9 Å². The number of ether oxygens (including phenoxy) is 2. The van der Waals surface area contributed by atoms with Crippen molar-refractivity contribution in [3.63, 3.8) is 0 Å². The summed E-state index contributed by atoms with van der Waals surface area (Å²) in [6.45, 7) is 3.74. The third-order valence-electron chi connectivity index (χ3n) is 8.79. The van der Waals surface area contributed by atoms with E-state index in [4.69, 9.17) is 9.47 Å². The first-order chi connectivity index (χ1) is 22.7. The van der Waals surface area contributed by atoms with Crippen molar-refractivity contribution in [2.45, 2.75) is 56.6 Å². The summed E-state index contributed by atoms with van der Waals surface area (Å²) >= 11 is 0. The molecule has 0 aliphatic carbocycles. The van der Waals surface area contributed by atoms with Crippen LogP contribution < -0.4 is 10.2 Å². The van der Waals surface area contributed by atoms with Crippen molar-refractivity contribution in [1.82, 2.24) is 19.8 Å². The number of hydrogen-bond acceptors (Lipinski definition) is 9. The van der Waals surface area contributed by atoms with Gasteiger partial charge < -0.3 is 29.7 Å². The standard InChI is InChI=1S/C33H37F3N6O5/c34-33(35,36)31(45)42-14-1-3-27(42)29(44)39-25-10-8-24(9-11-25)30-46-26(19-28(47-30)23-6-4-22(21-43)5-7-23)20-40-15-17-41(18-16-40)32-37-12-2-13-38-32/h2,4-13,26-28,30,43H,1,3,14-21H2,(H,39,44). The van der Waals surface area contributed by atoms with Crippen LogP contribution in [0.3, 0.4) is 0 Å². The van der Waals surface area contributed by atoms with E-state index in [0.29, 0.717) is 35.5 Å². The second kappa shape index (κ2) is 14.3. The maximum Gasteiger partial charge on any atom is 0.471 e. The van der Waals surface area contributed by atoms with E-state index < -0.39 is 30.3 Å². The normalized spacial score (nSPS) is 23.9. The van der Waals surface area contributed by atoms with Gasteiger partial charge >= 0.3 is 12.1 Å². The second-order valence-corrected chi connectivity index (χ2v) is 12.0. The van der Waals surface area contributed by atoms with Crippen LogP contribution in [0, 0.1) is 0 Å². The highest BCUT2D eigenvalue weighted by Gasteiger charge is 2.47. The predicted octanol–water partition coefficient (Wildman–Crippen LogP) is 3.83. The van der Waals surface area contributed by atoms with Crippen LogP contribution in [-0.4, -0.2) is 94.3 Å². The van der Waals surface area contributed by atoms with Crippen LogP contribution >= 0.6 is 0 Å². The van der Waals surface area contributed by atoms with E-state index in [9.17, 15) is 27.9 Å². The van der Waals surface area contributed by atoms with Crippen molar-refractivity contribution in [2.75, 3.05) is 49.5 Å². The number of piperazine rings is 1. The van der Waals surface area contributed by atoms with Crippen molar-refractivity contribution in [2.24, 2.45) is 0 Å². The van der Waals surface area contributed by atoms with Crippen molar-refractivity contribution in [1.29, 1.82) is 0 Å². The lowest BCUT2D eigenvalue weighted by Gasteiger charge is -2.40. The summed E-state index contributed by atoms with van der Waals surface area (Å²) in [5.74, 6) is -1.95. The summed E-state index contributed by atoms with van der Waals surface area (Å²) < 4.78 is 52.0. The number of aromatic nitrogens is 2. The quantitative estimate of drug-likeness (QED) is 0.374. The number of carbonyl (C=O) groups is 2. The fraction of sp³-hybridized carbons (Fsp3) is 0.455. The number of hydrogen-bond donors (Lipinski definition) is 2. The first-order valence-corrected chi connectivity index (χ1v) is 15.7. The van der Waals surface area contributed by atoms with Gasteiger partial charge in [-0.1, -0.05) is 36.4 Å². The maximum absolute atomic E-state index is 13.0. The molecule has 3 aliphatic rings. The predicted molar refractivity (Wildman–Crippen MR) is 165 cm³/mol. The van der Waals surface area contributed by atoms with E-state index in [1.165, 1.54) is 0 Å². The summed E-state index contributed by atoms with van der Waals surface area (Å²) in [5.41, 5.74) is 2.86. The Morgan fingerprint density at radius 3 is 2.26 bits per heavy atom. The monoisotopic (exact) mass is 654 g/mol. The van der Waals surface area contributed by atoms with Gasteiger partial charge in [0, 0.05) is 69.3 Å². The maximum atomic E-state index is 13.0. The Balaban J connectivity index is 1.12. The molecule has 3 saturated heterocycles. The number of likely N-dealkylation sites (tertiary alicyclic amines) is 1. The summed E-state index contributed by atoms with van der Waals surface area (Å²) in [4.78, 5) is 38.5. The van der Waals surface area contributed by atoms with Crippen LogP contribution in [0.2, 0.25) is 0 Å². The lowest BCUT2D eigenvalue weighted by molar-refractivity contribution is -0.253. The summed E-state index contributed by atoms with van der Waals surface area (Å²) in [7, 11) is 0. The summed E-state index contributed by atoms with van der Waals surface area (Å²) in [6, 6.07) is 15.0. The lowest BCUT2D eigenvalue weighted by atomic mass is 9.99. The number of alkyl halides is 3. The van der Waals surface area contributed by atoms with E-state index in [0.717, 1.165) is 43.3 Å². The highest BCUT2D eigenvalue weighted by atomic mass is 19.4. The van der Waals surface area contributed by atoms with Gasteiger partial charge in [-0.15, -0.1) is 0 Å². The fourth-order valence-corrected chi connectivity index (χ4v) is 6.30. The molecule has 0 radical (unpaired) electrons. The minimum Gasteiger partial charge on any atom is -0.392 e. The molecular formula is C33H37F3N6O5. The topological polar surface area (TPSA) is 120 Å². The molecule has 0 saturated carbocycles. The molecule has 6 rings (SSSR count). The number of halogens is 3. The van der Waals surface area contributed by atoms with Crippen LogP contribution in [-0.2, 0) is 25.7 Å². The van der Waals surface area contributed by atoms with E-state index in [2.05, 4.69) is 25.1 Å². The van der Waals surface area contributed by atoms with Crippen LogP contribution in [0.1, 0.15) is 48.3 Å². The molecule has 4 unspecified atom stereocenters. The fourth-order valence-electron chi connectivity index (χ4n) is 6.30. The molecule has 3 aliphatic heterocycles. The van der Waals surface area contributed by atoms with Crippen molar-refractivity contribution < 1.29 is 37.3 Å². The number of nitrogens with one attached hydrogen (secondary N) is 1. The van der Waals surface area contributed by atoms with Crippen LogP contribution in [0.4, 0.5) is 24.8 Å². The molecule has 47 heavy (non-hydrogen) atoms. The van der Waals surface area contributed by atoms with E-state index in [1.807, 2.05) is 24.3 Å². The van der Waals surface area contributed by atoms with Gasteiger partial charge in [-0.2, -0.15) is 13.2 Å². The first kappa shape index (κ1) is 32.8. The molecule has 2 N–H and O–H groups in total. The third kappa shape index (κ3) is 7.89. The van der Waals surface area contributed by atoms with Gasteiger partial charge in [-0.05, 0) is 42.2 Å². The van der Waals surface area contributed by atoms with Gasteiger partial charge in [0.05, 0.1) is 18.8 Å². The van der Waals surface area contributed by atoms with Crippen molar-refractivity contribution in [3.8, 4) is 0 Å². The Hall–Kier alpha value is -4.11. The molecule has 2 amide bonds. The van der Waals surface area contributed by atoms with Gasteiger partial charge in [0.25, 0.3) is 0 Å². The number of rotatable bonds is 8. The average Bonchev–Trinajstić information content (AvgIpc) is 3.59. The highest BCUT2D eigenvalue weighted by molar-refractivity contribution is 5.98. The zero-order valence-corrected chi connectivity index (χ0v) is 25.7. The molecule has 1 aromatic heterocycles. The summed E-state index contributed by atoms with van der Waals surface area (Å²) in [6.07, 6.45) is -1.60. The molecular weight excluding hydrogens is 617 g/mol. The molecule has 0 bridgehead atoms. The zero-order chi connectivity index (χ0) is 33.0. The van der Waals surface area contributed by atoms with Gasteiger partial charge in [-0.25, -0.2) is 9.97 Å². The molecule has 3 fully saturated rings. The highest BCUT2D eigenvalue weighted by Crippen LogP contribution is 2.38. The molecule has 4 atom stereocenters. The van der Waals surface area contributed by atoms with Crippen molar-refractivity contribution in [3.05, 3.63) is 83.7 Å². The van der Waals surface area contributed by atoms with E-state index >= 15 is 0 Å². The number of benzene rings is 2. The molecule has 2 aromatic carbocycles. The first-order valence-electron chi connectivity index (χ1n) is 15.7. The zero-order valence-electron chi connectivity index (χ0n) is 25.7. The van der Waals surface area contributed by atoms with Gasteiger partial charge in [0.1, 0.15) is 6.04 Å².